The second kappa shape index (κ2) is 34.1. The SMILES string of the molecule is CCCCCCCCCCCCCCCCN(C)CCCN(C)CCCCCCCCCCCCCCCC. The Morgan fingerprint density at radius 1 is 0.231 bits per heavy atom. The minimum atomic E-state index is 1.27. The predicted molar refractivity (Wildman–Crippen MR) is 180 cm³/mol. The summed E-state index contributed by atoms with van der Waals surface area (Å²) in [5, 5.41) is 0. The number of hydrogen-bond acceptors (Lipinski definition) is 2. The van der Waals surface area contributed by atoms with Gasteiger partial charge >= 0.3 is 0 Å². The highest BCUT2D eigenvalue weighted by Crippen LogP contribution is 2.14. The van der Waals surface area contributed by atoms with E-state index in [1.54, 1.807) is 0 Å². The van der Waals surface area contributed by atoms with E-state index >= 15 is 0 Å². The Balaban J connectivity index is 3.26. The average molecular weight is 551 g/mol. The molecule has 0 aromatic heterocycles. The van der Waals surface area contributed by atoms with E-state index in [1.165, 1.54) is 212 Å². The van der Waals surface area contributed by atoms with E-state index in [0.29, 0.717) is 0 Å². The third-order valence-electron chi connectivity index (χ3n) is 8.87. The summed E-state index contributed by atoms with van der Waals surface area (Å²) in [6, 6.07) is 0. The van der Waals surface area contributed by atoms with Crippen LogP contribution in [0.4, 0.5) is 0 Å². The molecule has 0 radical (unpaired) electrons. The number of nitrogens with zero attached hydrogens (tertiary/aromatic N) is 2. The van der Waals surface area contributed by atoms with Crippen LogP contribution in [-0.4, -0.2) is 50.1 Å². The van der Waals surface area contributed by atoms with Crippen molar-refractivity contribution >= 4 is 0 Å². The van der Waals surface area contributed by atoms with Crippen molar-refractivity contribution in [2.75, 3.05) is 40.3 Å². The molecule has 0 spiro atoms. The first-order valence-corrected chi connectivity index (χ1v) is 18.6. The highest BCUT2D eigenvalue weighted by molar-refractivity contribution is 4.58. The van der Waals surface area contributed by atoms with Gasteiger partial charge in [0.15, 0.2) is 0 Å². The van der Waals surface area contributed by atoms with Crippen molar-refractivity contribution in [3.05, 3.63) is 0 Å². The summed E-state index contributed by atoms with van der Waals surface area (Å²) in [4.78, 5) is 5.14. The van der Waals surface area contributed by atoms with Gasteiger partial charge < -0.3 is 9.80 Å². The molecule has 0 bridgehead atoms. The topological polar surface area (TPSA) is 6.48 Å². The molecular formula is C37H78N2. The number of unbranched alkanes of at least 4 members (excludes halogenated alkanes) is 26. The molecule has 0 saturated heterocycles. The fourth-order valence-corrected chi connectivity index (χ4v) is 5.99. The minimum absolute atomic E-state index is 1.27. The van der Waals surface area contributed by atoms with Crippen LogP contribution in [0.1, 0.15) is 200 Å². The fraction of sp³-hybridized carbons (Fsp3) is 1.00. The lowest BCUT2D eigenvalue weighted by molar-refractivity contribution is 0.271. The third-order valence-corrected chi connectivity index (χ3v) is 8.87. The van der Waals surface area contributed by atoms with Crippen LogP contribution in [0.25, 0.3) is 0 Å². The largest absolute Gasteiger partial charge is 0.306 e. The molecule has 0 amide bonds. The molecule has 0 aromatic rings. The van der Waals surface area contributed by atoms with E-state index in [0.717, 1.165) is 0 Å². The maximum atomic E-state index is 2.57. The maximum Gasteiger partial charge on any atom is -0.000960 e. The Bertz CT molecular complexity index is 386. The first-order chi connectivity index (χ1) is 19.2. The quantitative estimate of drug-likeness (QED) is 0.0735. The Morgan fingerprint density at radius 2 is 0.410 bits per heavy atom. The summed E-state index contributed by atoms with van der Waals surface area (Å²) in [6.07, 6.45) is 42.0. The van der Waals surface area contributed by atoms with Gasteiger partial charge in [0, 0.05) is 0 Å². The molecule has 0 atom stereocenters. The van der Waals surface area contributed by atoms with Crippen molar-refractivity contribution < 1.29 is 0 Å². The summed E-state index contributed by atoms with van der Waals surface area (Å²) in [6.45, 7) is 9.73. The molecule has 0 saturated carbocycles. The predicted octanol–water partition coefficient (Wildman–Crippen LogP) is 12.2. The van der Waals surface area contributed by atoms with Crippen molar-refractivity contribution in [2.45, 2.75) is 200 Å². The van der Waals surface area contributed by atoms with E-state index in [-0.39, 0.29) is 0 Å². The molecule has 0 rings (SSSR count). The van der Waals surface area contributed by atoms with Crippen LogP contribution >= 0.6 is 0 Å². The highest BCUT2D eigenvalue weighted by Gasteiger charge is 2.02. The molecule has 39 heavy (non-hydrogen) atoms. The standard InChI is InChI=1S/C37H78N2/c1-5-7-9-11-13-15-17-19-21-23-25-27-29-31-34-38(3)36-33-37-39(4)35-32-30-28-26-24-22-20-18-16-14-12-10-8-6-2/h5-37H2,1-4H3. The second-order valence-electron chi connectivity index (χ2n) is 13.2. The average Bonchev–Trinajstić information content (AvgIpc) is 2.93. The molecule has 0 fully saturated rings. The Hall–Kier alpha value is -0.0800. The van der Waals surface area contributed by atoms with Crippen LogP contribution in [0.15, 0.2) is 0 Å². The second-order valence-corrected chi connectivity index (χ2v) is 13.2. The van der Waals surface area contributed by atoms with Crippen LogP contribution < -0.4 is 0 Å². The summed E-state index contributed by atoms with van der Waals surface area (Å²) < 4.78 is 0. The van der Waals surface area contributed by atoms with Crippen LogP contribution in [-0.2, 0) is 0 Å². The van der Waals surface area contributed by atoms with E-state index < -0.39 is 0 Å². The molecule has 0 unspecified atom stereocenters. The van der Waals surface area contributed by atoms with Crippen LogP contribution in [0.3, 0.4) is 0 Å². The smallest absolute Gasteiger partial charge is 0.000960 e. The van der Waals surface area contributed by atoms with Gasteiger partial charge in [0.05, 0.1) is 0 Å². The molecule has 236 valence electrons. The van der Waals surface area contributed by atoms with Crippen LogP contribution in [0.2, 0.25) is 0 Å². The van der Waals surface area contributed by atoms with Gasteiger partial charge in [0.25, 0.3) is 0 Å². The molecule has 0 heterocycles. The molecule has 2 nitrogen and oxygen atoms in total. The van der Waals surface area contributed by atoms with Crippen molar-refractivity contribution in [2.24, 2.45) is 0 Å². The zero-order valence-corrected chi connectivity index (χ0v) is 28.2. The zero-order valence-electron chi connectivity index (χ0n) is 28.2. The van der Waals surface area contributed by atoms with Crippen molar-refractivity contribution in [1.29, 1.82) is 0 Å². The molecule has 0 aliphatic rings. The van der Waals surface area contributed by atoms with Gasteiger partial charge in [-0.3, -0.25) is 0 Å². The lowest BCUT2D eigenvalue weighted by atomic mass is 10.0. The molecular weight excluding hydrogens is 472 g/mol. The van der Waals surface area contributed by atoms with Crippen LogP contribution in [0, 0.1) is 0 Å². The highest BCUT2D eigenvalue weighted by atomic mass is 15.1. The van der Waals surface area contributed by atoms with E-state index in [2.05, 4.69) is 37.7 Å². The lowest BCUT2D eigenvalue weighted by Gasteiger charge is -2.20. The minimum Gasteiger partial charge on any atom is -0.306 e. The van der Waals surface area contributed by atoms with Gasteiger partial charge in [-0.15, -0.1) is 0 Å². The van der Waals surface area contributed by atoms with Crippen molar-refractivity contribution in [3.63, 3.8) is 0 Å². The molecule has 0 N–H and O–H groups in total. The van der Waals surface area contributed by atoms with Gasteiger partial charge in [-0.1, -0.05) is 181 Å². The maximum absolute atomic E-state index is 2.57. The van der Waals surface area contributed by atoms with E-state index in [1.807, 2.05) is 0 Å². The van der Waals surface area contributed by atoms with E-state index in [4.69, 9.17) is 0 Å². The summed E-state index contributed by atoms with van der Waals surface area (Å²) in [7, 11) is 4.66. The van der Waals surface area contributed by atoms with E-state index in [9.17, 15) is 0 Å². The van der Waals surface area contributed by atoms with Gasteiger partial charge in [0.2, 0.25) is 0 Å². The Morgan fingerprint density at radius 3 is 0.641 bits per heavy atom. The summed E-state index contributed by atoms with van der Waals surface area (Å²) >= 11 is 0. The van der Waals surface area contributed by atoms with Gasteiger partial charge in [-0.05, 0) is 59.5 Å². The number of rotatable bonds is 34. The summed E-state index contributed by atoms with van der Waals surface area (Å²) in [5.41, 5.74) is 0. The van der Waals surface area contributed by atoms with Crippen molar-refractivity contribution in [3.8, 4) is 0 Å². The Kier molecular flexibility index (Phi) is 34.1. The summed E-state index contributed by atoms with van der Waals surface area (Å²) in [5.74, 6) is 0. The van der Waals surface area contributed by atoms with Gasteiger partial charge in [0.1, 0.15) is 0 Å². The number of hydrogen-bond donors (Lipinski definition) is 0. The lowest BCUT2D eigenvalue weighted by Crippen LogP contribution is -2.27. The van der Waals surface area contributed by atoms with Gasteiger partial charge in [-0.2, -0.15) is 0 Å². The molecule has 0 aliphatic heterocycles. The van der Waals surface area contributed by atoms with Crippen molar-refractivity contribution in [1.82, 2.24) is 9.80 Å². The van der Waals surface area contributed by atoms with Crippen LogP contribution in [0.5, 0.6) is 0 Å². The first-order valence-electron chi connectivity index (χ1n) is 18.6. The normalized spacial score (nSPS) is 11.8. The fourth-order valence-electron chi connectivity index (χ4n) is 5.99. The monoisotopic (exact) mass is 551 g/mol. The van der Waals surface area contributed by atoms with Gasteiger partial charge in [-0.25, -0.2) is 0 Å². The Labute approximate surface area is 249 Å². The third kappa shape index (κ3) is 34.0. The zero-order chi connectivity index (χ0) is 28.5. The molecule has 0 aliphatic carbocycles. The molecule has 0 aromatic carbocycles. The molecule has 2 heteroatoms. The first kappa shape index (κ1) is 38.9.